The molecule has 110 valence electrons. The van der Waals surface area contributed by atoms with Crippen molar-refractivity contribution in [2.45, 2.75) is 0 Å². The average molecular weight is 296 g/mol. The minimum absolute atomic E-state index is 0.179. The summed E-state index contributed by atoms with van der Waals surface area (Å²) in [6.45, 7) is 0. The van der Waals surface area contributed by atoms with Crippen LogP contribution in [-0.2, 0) is 4.79 Å². The molecular formula is C16H12N2O4. The smallest absolute Gasteiger partial charge is 0.339 e. The third kappa shape index (κ3) is 2.37. The summed E-state index contributed by atoms with van der Waals surface area (Å²) in [6, 6.07) is 11.4. The molecule has 1 aliphatic rings. The van der Waals surface area contributed by atoms with Gasteiger partial charge in [0, 0.05) is 29.2 Å². The Labute approximate surface area is 125 Å². The van der Waals surface area contributed by atoms with E-state index < -0.39 is 5.97 Å². The molecule has 6 nitrogen and oxygen atoms in total. The molecule has 0 saturated carbocycles. The van der Waals surface area contributed by atoms with Crippen LogP contribution in [0, 0.1) is 0 Å². The lowest BCUT2D eigenvalue weighted by Gasteiger charge is -2.05. The maximum Gasteiger partial charge on any atom is 0.339 e. The van der Waals surface area contributed by atoms with Gasteiger partial charge in [0.1, 0.15) is 11.3 Å². The number of hydrogen-bond donors (Lipinski definition) is 4. The number of fused-ring (bicyclic) bond motifs is 1. The van der Waals surface area contributed by atoms with Crippen LogP contribution in [0.4, 0.5) is 11.4 Å². The van der Waals surface area contributed by atoms with Gasteiger partial charge in [0.05, 0.1) is 5.57 Å². The first-order valence-electron chi connectivity index (χ1n) is 6.50. The first-order chi connectivity index (χ1) is 10.6. The Balaban J connectivity index is 1.87. The molecule has 0 radical (unpaired) electrons. The number of rotatable bonds is 3. The summed E-state index contributed by atoms with van der Waals surface area (Å²) in [5, 5.41) is 24.1. The highest BCUT2D eigenvalue weighted by molar-refractivity contribution is 6.31. The number of amides is 1. The van der Waals surface area contributed by atoms with E-state index in [0.29, 0.717) is 11.3 Å². The summed E-state index contributed by atoms with van der Waals surface area (Å²) >= 11 is 0. The maximum absolute atomic E-state index is 11.9. The predicted molar refractivity (Wildman–Crippen MR) is 81.7 cm³/mol. The topological polar surface area (TPSA) is 98.7 Å². The summed E-state index contributed by atoms with van der Waals surface area (Å²) < 4.78 is 0. The van der Waals surface area contributed by atoms with E-state index in [9.17, 15) is 14.7 Å². The van der Waals surface area contributed by atoms with Gasteiger partial charge in [-0.15, -0.1) is 0 Å². The molecule has 2 aromatic carbocycles. The number of carboxylic acid groups (broad SMARTS) is 1. The largest absolute Gasteiger partial charge is 0.507 e. The number of carboxylic acids is 1. The molecular weight excluding hydrogens is 284 g/mol. The lowest BCUT2D eigenvalue weighted by Crippen LogP contribution is -2.05. The van der Waals surface area contributed by atoms with E-state index in [4.69, 9.17) is 5.11 Å². The number of carbonyl (C=O) groups is 2. The third-order valence-electron chi connectivity index (χ3n) is 3.32. The Kier molecular flexibility index (Phi) is 3.27. The van der Waals surface area contributed by atoms with Crippen LogP contribution in [0.2, 0.25) is 0 Å². The van der Waals surface area contributed by atoms with Crippen LogP contribution in [0.15, 0.2) is 48.7 Å². The molecule has 4 N–H and O–H groups in total. The zero-order valence-corrected chi connectivity index (χ0v) is 11.3. The van der Waals surface area contributed by atoms with Crippen molar-refractivity contribution in [1.82, 2.24) is 0 Å². The van der Waals surface area contributed by atoms with Gasteiger partial charge in [-0.1, -0.05) is 18.2 Å². The van der Waals surface area contributed by atoms with Crippen LogP contribution in [0.25, 0.3) is 5.57 Å². The van der Waals surface area contributed by atoms with Gasteiger partial charge in [-0.2, -0.15) is 0 Å². The van der Waals surface area contributed by atoms with Crippen molar-refractivity contribution in [1.29, 1.82) is 0 Å². The van der Waals surface area contributed by atoms with Crippen molar-refractivity contribution >= 4 is 28.8 Å². The van der Waals surface area contributed by atoms with Gasteiger partial charge in [-0.05, 0) is 18.2 Å². The van der Waals surface area contributed by atoms with E-state index in [1.165, 1.54) is 24.4 Å². The van der Waals surface area contributed by atoms with E-state index in [1.54, 1.807) is 0 Å². The fourth-order valence-corrected chi connectivity index (χ4v) is 2.24. The fraction of sp³-hybridized carbons (Fsp3) is 0. The number of phenols is 1. The molecule has 0 aliphatic carbocycles. The van der Waals surface area contributed by atoms with Crippen LogP contribution < -0.4 is 10.6 Å². The van der Waals surface area contributed by atoms with Crippen molar-refractivity contribution in [2.24, 2.45) is 0 Å². The van der Waals surface area contributed by atoms with E-state index in [-0.39, 0.29) is 17.2 Å². The monoisotopic (exact) mass is 296 g/mol. The normalized spacial score (nSPS) is 14.5. The molecule has 0 unspecified atom stereocenters. The Morgan fingerprint density at radius 2 is 1.95 bits per heavy atom. The average Bonchev–Trinajstić information content (AvgIpc) is 2.80. The highest BCUT2D eigenvalue weighted by atomic mass is 16.4. The van der Waals surface area contributed by atoms with Crippen LogP contribution in [-0.4, -0.2) is 22.1 Å². The number of aromatic carboxylic acids is 1. The first kappa shape index (κ1) is 13.7. The van der Waals surface area contributed by atoms with Crippen molar-refractivity contribution < 1.29 is 19.8 Å². The molecule has 0 aromatic heterocycles. The second-order valence-corrected chi connectivity index (χ2v) is 4.74. The minimum Gasteiger partial charge on any atom is -0.507 e. The van der Waals surface area contributed by atoms with Gasteiger partial charge in [-0.3, -0.25) is 4.79 Å². The Morgan fingerprint density at radius 1 is 1.18 bits per heavy atom. The van der Waals surface area contributed by atoms with Crippen LogP contribution in [0.1, 0.15) is 15.9 Å². The minimum atomic E-state index is -1.20. The maximum atomic E-state index is 11.9. The van der Waals surface area contributed by atoms with Gasteiger partial charge in [0.2, 0.25) is 0 Å². The summed E-state index contributed by atoms with van der Waals surface area (Å²) in [5.74, 6) is -1.77. The number of nitrogens with one attached hydrogen (secondary N) is 2. The van der Waals surface area contributed by atoms with Crippen molar-refractivity contribution in [3.05, 3.63) is 59.8 Å². The summed E-state index contributed by atoms with van der Waals surface area (Å²) in [7, 11) is 0. The van der Waals surface area contributed by atoms with Crippen LogP contribution in [0.5, 0.6) is 5.75 Å². The van der Waals surface area contributed by atoms with E-state index >= 15 is 0 Å². The predicted octanol–water partition coefficient (Wildman–Crippen LogP) is 2.50. The molecule has 0 atom stereocenters. The summed E-state index contributed by atoms with van der Waals surface area (Å²) in [4.78, 5) is 22.8. The zero-order valence-electron chi connectivity index (χ0n) is 11.3. The number of aromatic hydroxyl groups is 1. The van der Waals surface area contributed by atoms with Crippen molar-refractivity contribution in [2.75, 3.05) is 10.6 Å². The van der Waals surface area contributed by atoms with E-state index in [0.717, 1.165) is 11.3 Å². The molecule has 6 heteroatoms. The fourth-order valence-electron chi connectivity index (χ4n) is 2.24. The molecule has 0 spiro atoms. The van der Waals surface area contributed by atoms with Crippen LogP contribution >= 0.6 is 0 Å². The van der Waals surface area contributed by atoms with E-state index in [1.807, 2.05) is 24.3 Å². The summed E-state index contributed by atoms with van der Waals surface area (Å²) in [6.07, 6.45) is 1.52. The van der Waals surface area contributed by atoms with Gasteiger partial charge >= 0.3 is 5.97 Å². The number of anilines is 2. The van der Waals surface area contributed by atoms with Gasteiger partial charge in [-0.25, -0.2) is 4.79 Å². The van der Waals surface area contributed by atoms with E-state index in [2.05, 4.69) is 10.6 Å². The van der Waals surface area contributed by atoms with Crippen molar-refractivity contribution in [3.8, 4) is 5.75 Å². The van der Waals surface area contributed by atoms with Gasteiger partial charge in [0.15, 0.2) is 0 Å². The Morgan fingerprint density at radius 3 is 2.68 bits per heavy atom. The second kappa shape index (κ2) is 5.25. The number of hydrogen-bond acceptors (Lipinski definition) is 4. The molecule has 0 saturated heterocycles. The molecule has 1 aliphatic heterocycles. The second-order valence-electron chi connectivity index (χ2n) is 4.74. The molecule has 1 amide bonds. The lowest BCUT2D eigenvalue weighted by atomic mass is 10.1. The SMILES string of the molecule is O=C1Nc2ccccc2/C1=C/Nc1ccc(C(=O)O)c(O)c1. The highest BCUT2D eigenvalue weighted by Gasteiger charge is 2.23. The standard InChI is InChI=1S/C16H12N2O4/c19-14-7-9(5-6-11(14)16(21)22)17-8-12-10-3-1-2-4-13(10)18-15(12)20/h1-8,17,19H,(H,18,20)(H,21,22)/b12-8-. The van der Waals surface area contributed by atoms with Gasteiger partial charge in [0.25, 0.3) is 5.91 Å². The molecule has 22 heavy (non-hydrogen) atoms. The molecule has 0 bridgehead atoms. The highest BCUT2D eigenvalue weighted by Crippen LogP contribution is 2.31. The molecule has 1 heterocycles. The summed E-state index contributed by atoms with van der Waals surface area (Å²) in [5.41, 5.74) is 2.29. The molecule has 0 fully saturated rings. The molecule has 3 rings (SSSR count). The third-order valence-corrected chi connectivity index (χ3v) is 3.32. The number of para-hydroxylation sites is 1. The zero-order chi connectivity index (χ0) is 15.7. The van der Waals surface area contributed by atoms with Crippen LogP contribution in [0.3, 0.4) is 0 Å². The number of carbonyl (C=O) groups excluding carboxylic acids is 1. The Hall–Kier alpha value is -3.28. The lowest BCUT2D eigenvalue weighted by molar-refractivity contribution is -0.110. The van der Waals surface area contributed by atoms with Gasteiger partial charge < -0.3 is 20.8 Å². The first-order valence-corrected chi connectivity index (χ1v) is 6.50. The van der Waals surface area contributed by atoms with Crippen molar-refractivity contribution in [3.63, 3.8) is 0 Å². The molecule has 2 aromatic rings. The quantitative estimate of drug-likeness (QED) is 0.652. The number of benzene rings is 2. The Bertz CT molecular complexity index is 812.